The summed E-state index contributed by atoms with van der Waals surface area (Å²) in [5.74, 6) is -0.192. The van der Waals surface area contributed by atoms with Crippen LogP contribution in [0.4, 0.5) is 4.39 Å². The fraction of sp³-hybridized carbons (Fsp3) is 0.385. The first-order valence-electron chi connectivity index (χ1n) is 5.96. The van der Waals surface area contributed by atoms with Gasteiger partial charge in [-0.25, -0.2) is 4.39 Å². The molecule has 0 fully saturated rings. The molecule has 0 saturated carbocycles. The van der Waals surface area contributed by atoms with Crippen molar-refractivity contribution in [3.63, 3.8) is 0 Å². The van der Waals surface area contributed by atoms with Crippen LogP contribution in [0.2, 0.25) is 0 Å². The number of benzene rings is 1. The SMILES string of the molecule is CCNC(Cc1cc(F)ccc1C)c1csnn1. The van der Waals surface area contributed by atoms with Gasteiger partial charge in [-0.2, -0.15) is 0 Å². The van der Waals surface area contributed by atoms with Crippen molar-refractivity contribution < 1.29 is 4.39 Å². The Morgan fingerprint density at radius 2 is 2.28 bits per heavy atom. The minimum absolute atomic E-state index is 0.0919. The highest BCUT2D eigenvalue weighted by Gasteiger charge is 2.15. The molecule has 0 spiro atoms. The van der Waals surface area contributed by atoms with Crippen LogP contribution in [0.15, 0.2) is 23.6 Å². The number of aromatic nitrogens is 2. The van der Waals surface area contributed by atoms with Crippen LogP contribution >= 0.6 is 11.5 Å². The van der Waals surface area contributed by atoms with Gasteiger partial charge in [0.15, 0.2) is 0 Å². The van der Waals surface area contributed by atoms with Gasteiger partial charge in [-0.15, -0.1) is 5.10 Å². The molecule has 5 heteroatoms. The fourth-order valence-electron chi connectivity index (χ4n) is 1.93. The zero-order chi connectivity index (χ0) is 13.0. The predicted octanol–water partition coefficient (Wildman–Crippen LogP) is 2.88. The minimum Gasteiger partial charge on any atom is -0.309 e. The molecule has 0 radical (unpaired) electrons. The van der Waals surface area contributed by atoms with Gasteiger partial charge in [0.1, 0.15) is 5.82 Å². The lowest BCUT2D eigenvalue weighted by Crippen LogP contribution is -2.23. The van der Waals surface area contributed by atoms with Gasteiger partial charge in [-0.1, -0.05) is 17.5 Å². The van der Waals surface area contributed by atoms with Crippen LogP contribution in [0.5, 0.6) is 0 Å². The second kappa shape index (κ2) is 6.02. The van der Waals surface area contributed by atoms with Gasteiger partial charge in [0, 0.05) is 5.38 Å². The third-order valence-electron chi connectivity index (χ3n) is 2.92. The van der Waals surface area contributed by atoms with Gasteiger partial charge in [-0.3, -0.25) is 0 Å². The van der Waals surface area contributed by atoms with E-state index in [0.717, 1.165) is 29.8 Å². The summed E-state index contributed by atoms with van der Waals surface area (Å²) in [6.45, 7) is 4.89. The Kier molecular flexibility index (Phi) is 4.38. The molecule has 1 aromatic carbocycles. The first kappa shape index (κ1) is 13.1. The highest BCUT2D eigenvalue weighted by molar-refractivity contribution is 7.03. The Balaban J connectivity index is 2.21. The number of nitrogens with zero attached hydrogens (tertiary/aromatic N) is 2. The van der Waals surface area contributed by atoms with Gasteiger partial charge in [0.05, 0.1) is 11.7 Å². The van der Waals surface area contributed by atoms with Crippen LogP contribution in [0, 0.1) is 12.7 Å². The van der Waals surface area contributed by atoms with Crippen LogP contribution < -0.4 is 5.32 Å². The summed E-state index contributed by atoms with van der Waals surface area (Å²) in [5.41, 5.74) is 3.03. The van der Waals surface area contributed by atoms with Crippen molar-refractivity contribution in [2.24, 2.45) is 0 Å². The highest BCUT2D eigenvalue weighted by atomic mass is 32.1. The van der Waals surface area contributed by atoms with Gasteiger partial charge >= 0.3 is 0 Å². The lowest BCUT2D eigenvalue weighted by Gasteiger charge is -2.16. The van der Waals surface area contributed by atoms with E-state index in [0.29, 0.717) is 0 Å². The maximum Gasteiger partial charge on any atom is 0.123 e. The van der Waals surface area contributed by atoms with E-state index >= 15 is 0 Å². The van der Waals surface area contributed by atoms with Gasteiger partial charge < -0.3 is 5.32 Å². The lowest BCUT2D eigenvalue weighted by atomic mass is 9.99. The quantitative estimate of drug-likeness (QED) is 0.903. The third kappa shape index (κ3) is 3.11. The summed E-state index contributed by atoms with van der Waals surface area (Å²) in [6.07, 6.45) is 0.725. The highest BCUT2D eigenvalue weighted by Crippen LogP contribution is 2.20. The summed E-state index contributed by atoms with van der Waals surface area (Å²) in [7, 11) is 0. The molecular weight excluding hydrogens is 249 g/mol. The van der Waals surface area contributed by atoms with Crippen molar-refractivity contribution in [1.82, 2.24) is 14.9 Å². The molecule has 1 unspecified atom stereocenters. The van der Waals surface area contributed by atoms with Crippen LogP contribution in [0.3, 0.4) is 0 Å². The van der Waals surface area contributed by atoms with Gasteiger partial charge in [0.25, 0.3) is 0 Å². The van der Waals surface area contributed by atoms with E-state index in [4.69, 9.17) is 0 Å². The molecule has 0 aliphatic carbocycles. The van der Waals surface area contributed by atoms with Crippen molar-refractivity contribution in [3.8, 4) is 0 Å². The molecule has 1 atom stereocenters. The van der Waals surface area contributed by atoms with E-state index < -0.39 is 0 Å². The molecule has 0 aliphatic rings. The Morgan fingerprint density at radius 3 is 2.94 bits per heavy atom. The zero-order valence-electron chi connectivity index (χ0n) is 10.5. The molecule has 1 heterocycles. The maximum atomic E-state index is 13.3. The van der Waals surface area contributed by atoms with Crippen molar-refractivity contribution in [1.29, 1.82) is 0 Å². The third-order valence-corrected chi connectivity index (χ3v) is 3.44. The Bertz CT molecular complexity index is 499. The predicted molar refractivity (Wildman–Crippen MR) is 71.2 cm³/mol. The summed E-state index contributed by atoms with van der Waals surface area (Å²) in [5, 5.41) is 9.39. The normalized spacial score (nSPS) is 12.6. The van der Waals surface area contributed by atoms with Gasteiger partial charge in [0.2, 0.25) is 0 Å². The van der Waals surface area contributed by atoms with Crippen molar-refractivity contribution in [2.45, 2.75) is 26.3 Å². The first-order chi connectivity index (χ1) is 8.70. The molecule has 18 heavy (non-hydrogen) atoms. The summed E-state index contributed by atoms with van der Waals surface area (Å²) < 4.78 is 17.2. The molecule has 0 bridgehead atoms. The smallest absolute Gasteiger partial charge is 0.123 e. The molecule has 1 aromatic heterocycles. The Morgan fingerprint density at radius 1 is 1.44 bits per heavy atom. The molecule has 2 aromatic rings. The van der Waals surface area contributed by atoms with Crippen molar-refractivity contribution in [2.75, 3.05) is 6.54 Å². The largest absolute Gasteiger partial charge is 0.309 e. The van der Waals surface area contributed by atoms with Crippen LogP contribution in [-0.4, -0.2) is 16.1 Å². The van der Waals surface area contributed by atoms with Crippen LogP contribution in [-0.2, 0) is 6.42 Å². The van der Waals surface area contributed by atoms with E-state index in [2.05, 4.69) is 14.9 Å². The average molecular weight is 265 g/mol. The number of likely N-dealkylation sites (N-methyl/N-ethyl adjacent to an activating group) is 1. The van der Waals surface area contributed by atoms with E-state index in [9.17, 15) is 4.39 Å². The molecule has 96 valence electrons. The Hall–Kier alpha value is -1.33. The Labute approximate surface area is 110 Å². The number of nitrogens with one attached hydrogen (secondary N) is 1. The number of halogens is 1. The van der Waals surface area contributed by atoms with E-state index in [-0.39, 0.29) is 11.9 Å². The molecule has 1 N–H and O–H groups in total. The van der Waals surface area contributed by atoms with Gasteiger partial charge in [-0.05, 0) is 54.7 Å². The average Bonchev–Trinajstić information content (AvgIpc) is 2.87. The molecule has 2 rings (SSSR count). The second-order valence-electron chi connectivity index (χ2n) is 4.21. The summed E-state index contributed by atoms with van der Waals surface area (Å²) in [6, 6.07) is 4.99. The molecule has 0 saturated heterocycles. The molecule has 0 amide bonds. The zero-order valence-corrected chi connectivity index (χ0v) is 11.3. The first-order valence-corrected chi connectivity index (χ1v) is 6.79. The lowest BCUT2D eigenvalue weighted by molar-refractivity contribution is 0.532. The van der Waals surface area contributed by atoms with Crippen LogP contribution in [0.25, 0.3) is 0 Å². The molecule has 0 aliphatic heterocycles. The molecular formula is C13H16FN3S. The minimum atomic E-state index is -0.192. The van der Waals surface area contributed by atoms with Crippen molar-refractivity contribution >= 4 is 11.5 Å². The van der Waals surface area contributed by atoms with E-state index in [1.807, 2.05) is 25.3 Å². The topological polar surface area (TPSA) is 37.8 Å². The van der Waals surface area contributed by atoms with Crippen molar-refractivity contribution in [3.05, 3.63) is 46.2 Å². The second-order valence-corrected chi connectivity index (χ2v) is 4.82. The summed E-state index contributed by atoms with van der Waals surface area (Å²) >= 11 is 1.34. The van der Waals surface area contributed by atoms with E-state index in [1.54, 1.807) is 6.07 Å². The van der Waals surface area contributed by atoms with Crippen LogP contribution in [0.1, 0.15) is 29.8 Å². The number of hydrogen-bond donors (Lipinski definition) is 1. The standard InChI is InChI=1S/C13H16FN3S/c1-3-15-12(13-8-18-17-16-13)7-10-6-11(14)5-4-9(10)2/h4-6,8,12,15H,3,7H2,1-2H3. The molecule has 3 nitrogen and oxygen atoms in total. The number of aryl methyl sites for hydroxylation is 1. The number of rotatable bonds is 5. The number of hydrogen-bond acceptors (Lipinski definition) is 4. The monoisotopic (exact) mass is 265 g/mol. The fourth-order valence-corrected chi connectivity index (χ4v) is 2.44. The maximum absolute atomic E-state index is 13.3. The van der Waals surface area contributed by atoms with E-state index in [1.165, 1.54) is 17.6 Å². The summed E-state index contributed by atoms with van der Waals surface area (Å²) in [4.78, 5) is 0.